The summed E-state index contributed by atoms with van der Waals surface area (Å²) >= 11 is 0. The van der Waals surface area contributed by atoms with Crippen LogP contribution in [0.25, 0.3) is 17.2 Å². The van der Waals surface area contributed by atoms with Crippen molar-refractivity contribution in [3.63, 3.8) is 0 Å². The van der Waals surface area contributed by atoms with Crippen molar-refractivity contribution in [1.82, 2.24) is 4.98 Å². The lowest BCUT2D eigenvalue weighted by atomic mass is 10.1. The van der Waals surface area contributed by atoms with Crippen molar-refractivity contribution in [2.24, 2.45) is 5.92 Å². The van der Waals surface area contributed by atoms with E-state index in [9.17, 15) is 18.0 Å². The number of alkyl halides is 3. The Morgan fingerprint density at radius 1 is 1.24 bits per heavy atom. The Labute approximate surface area is 189 Å². The van der Waals surface area contributed by atoms with Gasteiger partial charge in [-0.1, -0.05) is 19.1 Å². The number of nitrogens with zero attached hydrogens (tertiary/aromatic N) is 2. The van der Waals surface area contributed by atoms with Gasteiger partial charge in [0.25, 0.3) is 6.01 Å². The van der Waals surface area contributed by atoms with E-state index in [4.69, 9.17) is 9.83 Å². The normalized spacial score (nSPS) is 12.8. The number of nitrogens with one attached hydrogen (secondary N) is 2. The lowest BCUT2D eigenvalue weighted by Crippen LogP contribution is -2.25. The molecule has 0 aliphatic heterocycles. The van der Waals surface area contributed by atoms with Gasteiger partial charge in [-0.25, -0.2) is 0 Å². The Bertz CT molecular complexity index is 1170. The monoisotopic (exact) mass is 458 g/mol. The molecular formula is C24H25F3N4O2. The summed E-state index contributed by atoms with van der Waals surface area (Å²) in [5, 5.41) is 10.3. The molecular weight excluding hydrogens is 433 g/mol. The Morgan fingerprint density at radius 2 is 1.94 bits per heavy atom. The predicted molar refractivity (Wildman–Crippen MR) is 124 cm³/mol. The second-order valence-corrected chi connectivity index (χ2v) is 8.09. The molecule has 0 radical (unpaired) electrons. The summed E-state index contributed by atoms with van der Waals surface area (Å²) < 4.78 is 43.7. The van der Waals surface area contributed by atoms with Crippen LogP contribution in [0.2, 0.25) is 0 Å². The van der Waals surface area contributed by atoms with E-state index in [1.165, 1.54) is 24.3 Å². The molecule has 3 rings (SSSR count). The van der Waals surface area contributed by atoms with E-state index in [0.29, 0.717) is 47.0 Å². The number of hydrogen-bond acceptors (Lipinski definition) is 5. The summed E-state index contributed by atoms with van der Waals surface area (Å²) in [5.41, 5.74) is 2.03. The van der Waals surface area contributed by atoms with E-state index in [1.807, 2.05) is 11.9 Å². The van der Waals surface area contributed by atoms with Crippen LogP contribution in [0.4, 0.5) is 24.9 Å². The maximum Gasteiger partial charge on any atom is 0.416 e. The fourth-order valence-corrected chi connectivity index (χ4v) is 3.43. The van der Waals surface area contributed by atoms with Crippen molar-refractivity contribution < 1.29 is 22.4 Å². The molecule has 0 saturated carbocycles. The van der Waals surface area contributed by atoms with Crippen molar-refractivity contribution in [2.75, 3.05) is 23.8 Å². The molecule has 6 nitrogen and oxygen atoms in total. The number of anilines is 2. The smallest absolute Gasteiger partial charge is 0.416 e. The van der Waals surface area contributed by atoms with Crippen LogP contribution in [-0.4, -0.2) is 30.2 Å². The number of rotatable bonds is 8. The largest absolute Gasteiger partial charge is 0.423 e. The third-order valence-electron chi connectivity index (χ3n) is 4.88. The first kappa shape index (κ1) is 24.0. The molecule has 1 aromatic heterocycles. The third kappa shape index (κ3) is 6.68. The van der Waals surface area contributed by atoms with Gasteiger partial charge in [-0.2, -0.15) is 18.2 Å². The number of carbonyl (C=O) groups excluding carboxylic acids is 1. The molecule has 0 fully saturated rings. The highest BCUT2D eigenvalue weighted by atomic mass is 19.4. The third-order valence-corrected chi connectivity index (χ3v) is 4.88. The minimum Gasteiger partial charge on any atom is -0.423 e. The van der Waals surface area contributed by atoms with Crippen LogP contribution in [0.5, 0.6) is 0 Å². The number of aromatic nitrogens is 1. The van der Waals surface area contributed by atoms with E-state index >= 15 is 0 Å². The Balaban J connectivity index is 1.64. The Hall–Kier alpha value is -3.62. The van der Waals surface area contributed by atoms with E-state index in [1.54, 1.807) is 25.1 Å². The number of oxazole rings is 1. The first-order valence-electron chi connectivity index (χ1n) is 10.3. The lowest BCUT2D eigenvalue weighted by molar-refractivity contribution is -0.137. The molecule has 1 heterocycles. The second-order valence-electron chi connectivity index (χ2n) is 8.09. The fourth-order valence-electron chi connectivity index (χ4n) is 3.43. The molecule has 0 aliphatic rings. The van der Waals surface area contributed by atoms with Gasteiger partial charge in [-0.05, 0) is 61.2 Å². The van der Waals surface area contributed by atoms with Crippen LogP contribution in [0, 0.1) is 11.3 Å². The molecule has 3 aromatic rings. The van der Waals surface area contributed by atoms with Gasteiger partial charge in [0.15, 0.2) is 5.58 Å². The van der Waals surface area contributed by atoms with Gasteiger partial charge in [-0.3, -0.25) is 4.79 Å². The maximum absolute atomic E-state index is 12.6. The molecule has 2 N–H and O–H groups in total. The van der Waals surface area contributed by atoms with E-state index < -0.39 is 17.6 Å². The minimum atomic E-state index is -4.40. The number of fused-ring (bicyclic) bond motifs is 1. The fraction of sp³-hybridized carbons (Fsp3) is 0.292. The zero-order chi connectivity index (χ0) is 24.2. The molecule has 0 bridgehead atoms. The average molecular weight is 458 g/mol. The van der Waals surface area contributed by atoms with Gasteiger partial charge in [0.05, 0.1) is 5.56 Å². The average Bonchev–Trinajstić information content (AvgIpc) is 3.15. The summed E-state index contributed by atoms with van der Waals surface area (Å²) in [6.45, 7) is 4.52. The Morgan fingerprint density at radius 3 is 2.58 bits per heavy atom. The molecule has 0 saturated heterocycles. The van der Waals surface area contributed by atoms with Crippen LogP contribution in [0.15, 0.2) is 53.0 Å². The van der Waals surface area contributed by atoms with Crippen molar-refractivity contribution in [3.8, 4) is 0 Å². The molecule has 33 heavy (non-hydrogen) atoms. The molecule has 0 aliphatic carbocycles. The number of amides is 1. The van der Waals surface area contributed by atoms with Crippen LogP contribution in [-0.2, 0) is 11.0 Å². The molecule has 1 atom stereocenters. The molecule has 9 heteroatoms. The van der Waals surface area contributed by atoms with Gasteiger partial charge in [0.2, 0.25) is 5.91 Å². The van der Waals surface area contributed by atoms with Crippen molar-refractivity contribution in [1.29, 1.82) is 5.41 Å². The highest BCUT2D eigenvalue weighted by Crippen LogP contribution is 2.29. The summed E-state index contributed by atoms with van der Waals surface area (Å²) in [6, 6.07) is 10.1. The molecule has 0 spiro atoms. The number of halogens is 3. The van der Waals surface area contributed by atoms with Crippen LogP contribution in [0.3, 0.4) is 0 Å². The summed E-state index contributed by atoms with van der Waals surface area (Å²) in [6.07, 6.45) is -1.01. The van der Waals surface area contributed by atoms with Gasteiger partial charge in [0.1, 0.15) is 5.52 Å². The molecule has 1 amide bonds. The standard InChI is InChI=1S/C24H25F3N4O2/c1-15(12-16(2)28)14-31(3)23-30-20-13-19(9-10-21(20)33-23)29-22(32)11-6-17-4-7-18(8-5-17)24(25,26)27/h4-11,13,15,28H,12,14H2,1-3H3,(H,29,32). The molecule has 174 valence electrons. The van der Waals surface area contributed by atoms with Crippen molar-refractivity contribution in [3.05, 3.63) is 59.7 Å². The summed E-state index contributed by atoms with van der Waals surface area (Å²) in [4.78, 5) is 18.6. The maximum atomic E-state index is 12.6. The Kier molecular flexibility index (Phi) is 7.20. The predicted octanol–water partition coefficient (Wildman–Crippen LogP) is 6.00. The highest BCUT2D eigenvalue weighted by Gasteiger charge is 2.29. The van der Waals surface area contributed by atoms with Crippen LogP contribution >= 0.6 is 0 Å². The number of hydrogen-bond donors (Lipinski definition) is 2. The SMILES string of the molecule is CC(=N)CC(C)CN(C)c1nc2cc(NC(=O)C=Cc3ccc(C(F)(F)F)cc3)ccc2o1. The second kappa shape index (κ2) is 9.89. The lowest BCUT2D eigenvalue weighted by Gasteiger charge is -2.19. The number of benzene rings is 2. The highest BCUT2D eigenvalue weighted by molar-refractivity contribution is 6.02. The van der Waals surface area contributed by atoms with Gasteiger partial charge in [-0.15, -0.1) is 0 Å². The van der Waals surface area contributed by atoms with Gasteiger partial charge in [0, 0.05) is 31.1 Å². The first-order valence-corrected chi connectivity index (χ1v) is 10.3. The van der Waals surface area contributed by atoms with E-state index in [2.05, 4.69) is 17.2 Å². The van der Waals surface area contributed by atoms with Crippen molar-refractivity contribution >= 4 is 40.5 Å². The summed E-state index contributed by atoms with van der Waals surface area (Å²) in [5.74, 6) is -0.153. The van der Waals surface area contributed by atoms with Crippen LogP contribution < -0.4 is 10.2 Å². The van der Waals surface area contributed by atoms with Crippen molar-refractivity contribution in [2.45, 2.75) is 26.4 Å². The molecule has 1 unspecified atom stereocenters. The molecule has 2 aromatic carbocycles. The van der Waals surface area contributed by atoms with Gasteiger partial charge < -0.3 is 20.0 Å². The zero-order valence-electron chi connectivity index (χ0n) is 18.5. The van der Waals surface area contributed by atoms with Crippen LogP contribution in [0.1, 0.15) is 31.4 Å². The first-order chi connectivity index (χ1) is 15.5. The quantitative estimate of drug-likeness (QED) is 0.320. The van der Waals surface area contributed by atoms with Gasteiger partial charge >= 0.3 is 6.18 Å². The summed E-state index contributed by atoms with van der Waals surface area (Å²) in [7, 11) is 1.87. The van der Waals surface area contributed by atoms with E-state index in [0.717, 1.165) is 12.1 Å². The van der Waals surface area contributed by atoms with E-state index in [-0.39, 0.29) is 5.92 Å². The minimum absolute atomic E-state index is 0.272. The number of carbonyl (C=O) groups is 1. The topological polar surface area (TPSA) is 82.2 Å². The zero-order valence-corrected chi connectivity index (χ0v) is 18.5.